The predicted molar refractivity (Wildman–Crippen MR) is 109 cm³/mol. The van der Waals surface area contributed by atoms with Crippen molar-refractivity contribution in [2.24, 2.45) is 0 Å². The Morgan fingerprint density at radius 1 is 0.929 bits per heavy atom. The summed E-state index contributed by atoms with van der Waals surface area (Å²) in [6.07, 6.45) is 0. The number of hydrogen-bond donors (Lipinski definition) is 0. The van der Waals surface area contributed by atoms with Crippen molar-refractivity contribution in [1.82, 2.24) is 19.7 Å². The van der Waals surface area contributed by atoms with Crippen LogP contribution in [0.2, 0.25) is 0 Å². The van der Waals surface area contributed by atoms with Crippen LogP contribution in [0, 0.1) is 0 Å². The molecule has 1 fully saturated rings. The third-order valence-corrected chi connectivity index (χ3v) is 5.18. The molecule has 1 saturated heterocycles. The fourth-order valence-corrected chi connectivity index (χ4v) is 3.40. The van der Waals surface area contributed by atoms with Crippen molar-refractivity contribution in [1.29, 1.82) is 0 Å². The maximum atomic E-state index is 12.9. The van der Waals surface area contributed by atoms with Gasteiger partial charge >= 0.3 is 0 Å². The van der Waals surface area contributed by atoms with Gasteiger partial charge in [-0.2, -0.15) is 0 Å². The second-order valence-electron chi connectivity index (χ2n) is 6.94. The van der Waals surface area contributed by atoms with Gasteiger partial charge in [-0.15, -0.1) is 0 Å². The monoisotopic (exact) mass is 380 g/mol. The molecule has 6 heteroatoms. The van der Waals surface area contributed by atoms with Crippen molar-refractivity contribution >= 4 is 11.8 Å². The molecule has 28 heavy (non-hydrogen) atoms. The van der Waals surface area contributed by atoms with Crippen LogP contribution in [0.25, 0.3) is 0 Å². The zero-order valence-corrected chi connectivity index (χ0v) is 16.7. The second kappa shape index (κ2) is 9.46. The zero-order valence-electron chi connectivity index (χ0n) is 16.7. The van der Waals surface area contributed by atoms with Crippen LogP contribution in [-0.2, 0) is 6.54 Å². The van der Waals surface area contributed by atoms with E-state index in [1.807, 2.05) is 42.2 Å². The van der Waals surface area contributed by atoms with Gasteiger partial charge < -0.3 is 14.7 Å². The van der Waals surface area contributed by atoms with E-state index in [1.54, 1.807) is 23.1 Å². The first kappa shape index (κ1) is 20.0. The summed E-state index contributed by atoms with van der Waals surface area (Å²) in [6, 6.07) is 15.0. The summed E-state index contributed by atoms with van der Waals surface area (Å²) in [6.45, 7) is 9.32. The largest absolute Gasteiger partial charge is 0.335 e. The number of nitrogens with zero attached hydrogens (tertiary/aromatic N) is 4. The smallest absolute Gasteiger partial charge is 0.272 e. The molecule has 0 unspecified atom stereocenters. The summed E-state index contributed by atoms with van der Waals surface area (Å²) < 4.78 is 0. The van der Waals surface area contributed by atoms with Crippen molar-refractivity contribution in [3.63, 3.8) is 0 Å². The van der Waals surface area contributed by atoms with Crippen molar-refractivity contribution in [3.05, 3.63) is 65.5 Å². The lowest BCUT2D eigenvalue weighted by atomic mass is 10.2. The van der Waals surface area contributed by atoms with E-state index in [4.69, 9.17) is 0 Å². The topological polar surface area (TPSA) is 56.8 Å². The van der Waals surface area contributed by atoms with E-state index in [-0.39, 0.29) is 11.8 Å². The molecule has 1 aliphatic rings. The molecular formula is C22H28N4O2. The summed E-state index contributed by atoms with van der Waals surface area (Å²) in [4.78, 5) is 36.1. The molecule has 0 radical (unpaired) electrons. The van der Waals surface area contributed by atoms with E-state index in [9.17, 15) is 9.59 Å². The molecule has 2 aromatic rings. The van der Waals surface area contributed by atoms with Gasteiger partial charge in [0.05, 0.1) is 0 Å². The maximum absolute atomic E-state index is 12.9. The number of rotatable bonds is 6. The predicted octanol–water partition coefficient (Wildman–Crippen LogP) is 2.52. The van der Waals surface area contributed by atoms with Crippen molar-refractivity contribution in [2.45, 2.75) is 20.4 Å². The Hall–Kier alpha value is -2.73. The van der Waals surface area contributed by atoms with Crippen molar-refractivity contribution in [2.75, 3.05) is 39.3 Å². The Morgan fingerprint density at radius 3 is 2.25 bits per heavy atom. The number of benzene rings is 1. The number of aromatic nitrogens is 1. The van der Waals surface area contributed by atoms with E-state index in [0.717, 1.165) is 25.2 Å². The number of carbonyl (C=O) groups is 2. The SMILES string of the molecule is CCN1CCN(C(=O)c2cccc(C(=O)N(CC)Cc3ccccc3)n2)CC1. The minimum absolute atomic E-state index is 0.100. The van der Waals surface area contributed by atoms with Crippen LogP contribution in [0.5, 0.6) is 0 Å². The Balaban J connectivity index is 1.71. The standard InChI is InChI=1S/C22H28N4O2/c1-3-24-13-15-26(16-14-24)22(28)20-12-8-11-19(23-20)21(27)25(4-2)17-18-9-6-5-7-10-18/h5-12H,3-4,13-17H2,1-2H3. The van der Waals surface area contributed by atoms with E-state index in [0.29, 0.717) is 37.6 Å². The number of hydrogen-bond acceptors (Lipinski definition) is 4. The maximum Gasteiger partial charge on any atom is 0.272 e. The average molecular weight is 380 g/mol. The molecule has 1 aromatic heterocycles. The van der Waals surface area contributed by atoms with Crippen LogP contribution in [0.15, 0.2) is 48.5 Å². The third-order valence-electron chi connectivity index (χ3n) is 5.18. The highest BCUT2D eigenvalue weighted by Crippen LogP contribution is 2.12. The first-order chi connectivity index (χ1) is 13.6. The summed E-state index contributed by atoms with van der Waals surface area (Å²) >= 11 is 0. The molecular weight excluding hydrogens is 352 g/mol. The molecule has 2 amide bonds. The molecule has 1 aliphatic heterocycles. The molecule has 2 heterocycles. The van der Waals surface area contributed by atoms with Gasteiger partial charge in [-0.3, -0.25) is 9.59 Å². The van der Waals surface area contributed by atoms with Crippen molar-refractivity contribution in [3.8, 4) is 0 Å². The van der Waals surface area contributed by atoms with Gasteiger partial charge in [0, 0.05) is 39.3 Å². The molecule has 0 aliphatic carbocycles. The summed E-state index contributed by atoms with van der Waals surface area (Å²) in [7, 11) is 0. The van der Waals surface area contributed by atoms with Crippen LogP contribution in [0.3, 0.4) is 0 Å². The van der Waals surface area contributed by atoms with Gasteiger partial charge in [0.25, 0.3) is 11.8 Å². The molecule has 0 bridgehead atoms. The van der Waals surface area contributed by atoms with E-state index >= 15 is 0 Å². The van der Waals surface area contributed by atoms with Gasteiger partial charge in [-0.1, -0.05) is 43.3 Å². The molecule has 6 nitrogen and oxygen atoms in total. The molecule has 148 valence electrons. The molecule has 0 spiro atoms. The number of likely N-dealkylation sites (N-methyl/N-ethyl adjacent to an activating group) is 1. The Kier molecular flexibility index (Phi) is 6.76. The van der Waals surface area contributed by atoms with Crippen LogP contribution < -0.4 is 0 Å². The lowest BCUT2D eigenvalue weighted by Crippen LogP contribution is -2.48. The molecule has 0 atom stereocenters. The highest BCUT2D eigenvalue weighted by molar-refractivity contribution is 5.96. The van der Waals surface area contributed by atoms with Gasteiger partial charge in [0.2, 0.25) is 0 Å². The first-order valence-electron chi connectivity index (χ1n) is 9.94. The summed E-state index contributed by atoms with van der Waals surface area (Å²) in [5.41, 5.74) is 1.72. The Labute approximate surface area is 166 Å². The first-order valence-corrected chi connectivity index (χ1v) is 9.94. The molecule has 1 aromatic carbocycles. The van der Waals surface area contributed by atoms with Crippen LogP contribution in [0.4, 0.5) is 0 Å². The number of pyridine rings is 1. The van der Waals surface area contributed by atoms with Gasteiger partial charge in [0.1, 0.15) is 11.4 Å². The van der Waals surface area contributed by atoms with E-state index < -0.39 is 0 Å². The lowest BCUT2D eigenvalue weighted by Gasteiger charge is -2.33. The molecule has 0 N–H and O–H groups in total. The lowest BCUT2D eigenvalue weighted by molar-refractivity contribution is 0.0637. The van der Waals surface area contributed by atoms with Crippen LogP contribution in [0.1, 0.15) is 40.4 Å². The second-order valence-corrected chi connectivity index (χ2v) is 6.94. The zero-order chi connectivity index (χ0) is 19.9. The number of piperazine rings is 1. The van der Waals surface area contributed by atoms with Gasteiger partial charge in [0.15, 0.2) is 0 Å². The third kappa shape index (κ3) is 4.75. The minimum Gasteiger partial charge on any atom is -0.335 e. The quantitative estimate of drug-likeness (QED) is 0.773. The van der Waals surface area contributed by atoms with Crippen LogP contribution >= 0.6 is 0 Å². The fraction of sp³-hybridized carbons (Fsp3) is 0.409. The normalized spacial score (nSPS) is 14.7. The van der Waals surface area contributed by atoms with Gasteiger partial charge in [-0.05, 0) is 31.2 Å². The average Bonchev–Trinajstić information content (AvgIpc) is 2.77. The fourth-order valence-electron chi connectivity index (χ4n) is 3.40. The highest BCUT2D eigenvalue weighted by atomic mass is 16.2. The highest BCUT2D eigenvalue weighted by Gasteiger charge is 2.23. The minimum atomic E-state index is -0.156. The Morgan fingerprint density at radius 2 is 1.61 bits per heavy atom. The van der Waals surface area contributed by atoms with Gasteiger partial charge in [-0.25, -0.2) is 4.98 Å². The summed E-state index contributed by atoms with van der Waals surface area (Å²) in [5, 5.41) is 0. The van der Waals surface area contributed by atoms with Crippen molar-refractivity contribution < 1.29 is 9.59 Å². The van der Waals surface area contributed by atoms with Crippen LogP contribution in [-0.4, -0.2) is 70.8 Å². The molecule has 3 rings (SSSR count). The number of amides is 2. The summed E-state index contributed by atoms with van der Waals surface area (Å²) in [5.74, 6) is -0.256. The van der Waals surface area contributed by atoms with E-state index in [1.165, 1.54) is 0 Å². The Bertz CT molecular complexity index is 801. The molecule has 0 saturated carbocycles. The van der Waals surface area contributed by atoms with E-state index in [2.05, 4.69) is 16.8 Å². The number of carbonyl (C=O) groups excluding carboxylic acids is 2.